The highest BCUT2D eigenvalue weighted by molar-refractivity contribution is 6.39. The van der Waals surface area contributed by atoms with E-state index in [1.54, 1.807) is 4.90 Å². The quantitative estimate of drug-likeness (QED) is 0.673. The summed E-state index contributed by atoms with van der Waals surface area (Å²) in [5.74, 6) is -1.31. The number of pyridine rings is 1. The predicted molar refractivity (Wildman–Crippen MR) is 103 cm³/mol. The first-order valence-corrected chi connectivity index (χ1v) is 9.90. The Morgan fingerprint density at radius 1 is 1.14 bits per heavy atom. The summed E-state index contributed by atoms with van der Waals surface area (Å²) < 4.78 is 0. The van der Waals surface area contributed by atoms with Crippen LogP contribution in [-0.2, 0) is 9.59 Å². The number of aliphatic hydroxyl groups is 1. The second-order valence-corrected chi connectivity index (χ2v) is 8.06. The SMILES string of the molecule is C[C@H]1CC[C@H]([C@H]2CC[C@H](O)CC2)N(C(=O)C(=O)Nc2cncc(C(N)=O)c2)C1. The van der Waals surface area contributed by atoms with Crippen molar-refractivity contribution in [3.8, 4) is 0 Å². The van der Waals surface area contributed by atoms with Gasteiger partial charge in [-0.05, 0) is 56.4 Å². The van der Waals surface area contributed by atoms with E-state index in [0.29, 0.717) is 18.4 Å². The Morgan fingerprint density at radius 3 is 2.54 bits per heavy atom. The summed E-state index contributed by atoms with van der Waals surface area (Å²) in [7, 11) is 0. The number of hydrogen-bond acceptors (Lipinski definition) is 5. The molecule has 3 rings (SSSR count). The Hall–Kier alpha value is -2.48. The third kappa shape index (κ3) is 4.67. The molecule has 1 saturated heterocycles. The minimum Gasteiger partial charge on any atom is -0.393 e. The fraction of sp³-hybridized carbons (Fsp3) is 0.600. The van der Waals surface area contributed by atoms with E-state index in [1.165, 1.54) is 18.5 Å². The molecule has 2 aliphatic rings. The molecule has 3 amide bonds. The highest BCUT2D eigenvalue weighted by atomic mass is 16.3. The number of nitrogens with two attached hydrogens (primary N) is 1. The Balaban J connectivity index is 1.71. The van der Waals surface area contributed by atoms with Crippen LogP contribution in [0.25, 0.3) is 0 Å². The highest BCUT2D eigenvalue weighted by Gasteiger charge is 2.38. The Morgan fingerprint density at radius 2 is 1.86 bits per heavy atom. The van der Waals surface area contributed by atoms with E-state index in [1.807, 2.05) is 0 Å². The maximum Gasteiger partial charge on any atom is 0.313 e. The number of carbonyl (C=O) groups excluding carboxylic acids is 3. The van der Waals surface area contributed by atoms with Crippen LogP contribution in [0.5, 0.6) is 0 Å². The lowest BCUT2D eigenvalue weighted by Crippen LogP contribution is -2.53. The number of piperidine rings is 1. The van der Waals surface area contributed by atoms with E-state index >= 15 is 0 Å². The van der Waals surface area contributed by atoms with Crippen molar-refractivity contribution >= 4 is 23.4 Å². The molecule has 1 aliphatic heterocycles. The van der Waals surface area contributed by atoms with Crippen molar-refractivity contribution in [2.45, 2.75) is 57.6 Å². The van der Waals surface area contributed by atoms with Crippen molar-refractivity contribution < 1.29 is 19.5 Å². The molecule has 1 saturated carbocycles. The number of amides is 3. The first-order valence-electron chi connectivity index (χ1n) is 9.90. The van der Waals surface area contributed by atoms with Crippen molar-refractivity contribution in [2.75, 3.05) is 11.9 Å². The van der Waals surface area contributed by atoms with E-state index < -0.39 is 17.7 Å². The van der Waals surface area contributed by atoms with Gasteiger partial charge in [-0.1, -0.05) is 6.92 Å². The second-order valence-electron chi connectivity index (χ2n) is 8.06. The standard InChI is InChI=1S/C20H28N4O4/c1-12-2-7-17(13-3-5-16(25)6-4-13)24(11-12)20(28)19(27)23-15-8-14(18(21)26)9-22-10-15/h8-10,12-13,16-17,25H,2-7,11H2,1H3,(H2,21,26)(H,23,27)/t12-,13-,16-,17+/m0/s1. The van der Waals surface area contributed by atoms with Crippen LogP contribution in [0.4, 0.5) is 5.69 Å². The zero-order valence-corrected chi connectivity index (χ0v) is 16.1. The van der Waals surface area contributed by atoms with Gasteiger partial charge in [0, 0.05) is 18.8 Å². The average Bonchev–Trinajstić information content (AvgIpc) is 2.68. The number of likely N-dealkylation sites (tertiary alicyclic amines) is 1. The van der Waals surface area contributed by atoms with Crippen LogP contribution >= 0.6 is 0 Å². The van der Waals surface area contributed by atoms with Crippen LogP contribution in [0.3, 0.4) is 0 Å². The predicted octanol–water partition coefficient (Wildman–Crippen LogP) is 1.30. The molecule has 2 heterocycles. The van der Waals surface area contributed by atoms with Gasteiger partial charge in [-0.15, -0.1) is 0 Å². The lowest BCUT2D eigenvalue weighted by atomic mass is 9.77. The number of aliphatic hydroxyl groups excluding tert-OH is 1. The molecule has 1 aliphatic carbocycles. The number of hydrogen-bond donors (Lipinski definition) is 3. The topological polar surface area (TPSA) is 126 Å². The van der Waals surface area contributed by atoms with Crippen molar-refractivity contribution in [3.63, 3.8) is 0 Å². The Kier molecular flexibility index (Phi) is 6.28. The summed E-state index contributed by atoms with van der Waals surface area (Å²) in [6, 6.07) is 1.43. The van der Waals surface area contributed by atoms with Crippen molar-refractivity contribution in [1.82, 2.24) is 9.88 Å². The van der Waals surface area contributed by atoms with Gasteiger partial charge in [-0.2, -0.15) is 0 Å². The number of primary amides is 1. The zero-order chi connectivity index (χ0) is 20.3. The first-order chi connectivity index (χ1) is 13.3. The molecule has 8 nitrogen and oxygen atoms in total. The molecule has 0 spiro atoms. The third-order valence-electron chi connectivity index (χ3n) is 5.89. The number of aromatic nitrogens is 1. The number of nitrogens with one attached hydrogen (secondary N) is 1. The normalized spacial score (nSPS) is 27.9. The van der Waals surface area contributed by atoms with Gasteiger partial charge < -0.3 is 21.1 Å². The van der Waals surface area contributed by atoms with Crippen molar-refractivity contribution in [3.05, 3.63) is 24.0 Å². The van der Waals surface area contributed by atoms with Crippen LogP contribution in [-0.4, -0.2) is 51.4 Å². The van der Waals surface area contributed by atoms with Crippen molar-refractivity contribution in [2.24, 2.45) is 17.6 Å². The lowest BCUT2D eigenvalue weighted by molar-refractivity contribution is -0.148. The average molecular weight is 388 g/mol. The minimum atomic E-state index is -0.738. The fourth-order valence-electron chi connectivity index (χ4n) is 4.34. The van der Waals surface area contributed by atoms with Gasteiger partial charge >= 0.3 is 11.8 Å². The highest BCUT2D eigenvalue weighted by Crippen LogP contribution is 2.35. The molecule has 8 heteroatoms. The molecule has 28 heavy (non-hydrogen) atoms. The number of anilines is 1. The summed E-state index contributed by atoms with van der Waals surface area (Å²) in [6.45, 7) is 2.63. The zero-order valence-electron chi connectivity index (χ0n) is 16.1. The summed E-state index contributed by atoms with van der Waals surface area (Å²) in [5.41, 5.74) is 5.65. The summed E-state index contributed by atoms with van der Waals surface area (Å²) >= 11 is 0. The molecule has 2 fully saturated rings. The van der Waals surface area contributed by atoms with Gasteiger partial charge in [0.05, 0.1) is 23.6 Å². The molecule has 0 aromatic carbocycles. The molecule has 1 aromatic rings. The molecule has 4 N–H and O–H groups in total. The van der Waals surface area contributed by atoms with Crippen LogP contribution in [0.1, 0.15) is 55.8 Å². The molecule has 0 radical (unpaired) electrons. The maximum absolute atomic E-state index is 12.9. The molecule has 152 valence electrons. The van der Waals surface area contributed by atoms with Gasteiger partial charge in [0.1, 0.15) is 0 Å². The summed E-state index contributed by atoms with van der Waals surface area (Å²) in [5, 5.41) is 12.3. The summed E-state index contributed by atoms with van der Waals surface area (Å²) in [6.07, 6.45) is 7.56. The fourth-order valence-corrected chi connectivity index (χ4v) is 4.34. The smallest absolute Gasteiger partial charge is 0.313 e. The van der Waals surface area contributed by atoms with E-state index in [0.717, 1.165) is 38.5 Å². The van der Waals surface area contributed by atoms with Gasteiger partial charge in [-0.25, -0.2) is 0 Å². The van der Waals surface area contributed by atoms with E-state index in [4.69, 9.17) is 5.73 Å². The van der Waals surface area contributed by atoms with Gasteiger partial charge in [0.25, 0.3) is 0 Å². The van der Waals surface area contributed by atoms with Crippen LogP contribution < -0.4 is 11.1 Å². The molecular formula is C20H28N4O4. The number of nitrogens with zero attached hydrogens (tertiary/aromatic N) is 2. The first kappa shape index (κ1) is 20.3. The van der Waals surface area contributed by atoms with Crippen LogP contribution in [0, 0.1) is 11.8 Å². The Labute approximate surface area is 164 Å². The summed E-state index contributed by atoms with van der Waals surface area (Å²) in [4.78, 5) is 42.4. The Bertz CT molecular complexity index is 745. The molecule has 0 unspecified atom stereocenters. The molecule has 0 bridgehead atoms. The largest absolute Gasteiger partial charge is 0.393 e. The third-order valence-corrected chi connectivity index (χ3v) is 5.89. The van der Waals surface area contributed by atoms with E-state index in [9.17, 15) is 19.5 Å². The lowest BCUT2D eigenvalue weighted by Gasteiger charge is -2.44. The maximum atomic E-state index is 12.9. The molecule has 2 atom stereocenters. The molecule has 1 aromatic heterocycles. The second kappa shape index (κ2) is 8.68. The van der Waals surface area contributed by atoms with Gasteiger partial charge in [0.2, 0.25) is 5.91 Å². The monoisotopic (exact) mass is 388 g/mol. The van der Waals surface area contributed by atoms with E-state index in [2.05, 4.69) is 17.2 Å². The van der Waals surface area contributed by atoms with Crippen LogP contribution in [0.2, 0.25) is 0 Å². The van der Waals surface area contributed by atoms with Crippen molar-refractivity contribution in [1.29, 1.82) is 0 Å². The van der Waals surface area contributed by atoms with Crippen LogP contribution in [0.15, 0.2) is 18.5 Å². The minimum absolute atomic E-state index is 0.0250. The molecular weight excluding hydrogens is 360 g/mol. The number of rotatable bonds is 3. The van der Waals surface area contributed by atoms with E-state index in [-0.39, 0.29) is 23.4 Å². The van der Waals surface area contributed by atoms with Gasteiger partial charge in [-0.3, -0.25) is 19.4 Å². The van der Waals surface area contributed by atoms with Gasteiger partial charge in [0.15, 0.2) is 0 Å². The number of carbonyl (C=O) groups is 3.